The number of hydrogen-bond donors (Lipinski definition) is 2. The molecule has 106 valence electrons. The van der Waals surface area contributed by atoms with Crippen LogP contribution in [-0.2, 0) is 0 Å². The first-order valence-electron chi connectivity index (χ1n) is 6.74. The highest BCUT2D eigenvalue weighted by molar-refractivity contribution is 5.60. The van der Waals surface area contributed by atoms with Gasteiger partial charge in [0, 0.05) is 17.9 Å². The molecule has 0 spiro atoms. The minimum absolute atomic E-state index is 0.520. The first-order valence-corrected chi connectivity index (χ1v) is 6.74. The molecular formula is C16H20N2O2. The van der Waals surface area contributed by atoms with Gasteiger partial charge in [-0.2, -0.15) is 0 Å². The summed E-state index contributed by atoms with van der Waals surface area (Å²) in [6.45, 7) is 3.70. The highest BCUT2D eigenvalue weighted by Crippen LogP contribution is 2.22. The number of hydrogen-bond acceptors (Lipinski definition) is 4. The Bertz CT molecular complexity index is 509. The summed E-state index contributed by atoms with van der Waals surface area (Å²) in [5.74, 6) is 1.70. The molecule has 0 aliphatic heterocycles. The fourth-order valence-corrected chi connectivity index (χ4v) is 1.78. The fraction of sp³-hybridized carbons (Fsp3) is 0.250. The maximum atomic E-state index is 5.43. The van der Waals surface area contributed by atoms with Crippen molar-refractivity contribution in [2.45, 2.75) is 6.92 Å². The third-order valence-corrected chi connectivity index (χ3v) is 2.69. The van der Waals surface area contributed by atoms with E-state index in [0.29, 0.717) is 19.8 Å². The Kier molecular flexibility index (Phi) is 5.26. The summed E-state index contributed by atoms with van der Waals surface area (Å²) in [5.41, 5.74) is 7.42. The summed E-state index contributed by atoms with van der Waals surface area (Å²) < 4.78 is 10.8. The first kappa shape index (κ1) is 14.2. The van der Waals surface area contributed by atoms with Crippen LogP contribution in [0, 0.1) is 0 Å². The molecule has 0 aromatic heterocycles. The van der Waals surface area contributed by atoms with Crippen molar-refractivity contribution in [3.8, 4) is 11.5 Å². The van der Waals surface area contributed by atoms with Gasteiger partial charge in [0.1, 0.15) is 18.1 Å². The van der Waals surface area contributed by atoms with Crippen LogP contribution in [0.5, 0.6) is 11.5 Å². The van der Waals surface area contributed by atoms with Crippen molar-refractivity contribution in [2.24, 2.45) is 5.73 Å². The molecule has 2 aromatic carbocycles. The van der Waals surface area contributed by atoms with E-state index in [4.69, 9.17) is 15.2 Å². The molecule has 3 N–H and O–H groups in total. The lowest BCUT2D eigenvalue weighted by Gasteiger charge is -2.09. The molecule has 0 amide bonds. The van der Waals surface area contributed by atoms with Crippen LogP contribution in [0.25, 0.3) is 0 Å². The maximum Gasteiger partial charge on any atom is 0.119 e. The van der Waals surface area contributed by atoms with Gasteiger partial charge >= 0.3 is 0 Å². The molecule has 0 aliphatic carbocycles. The second kappa shape index (κ2) is 7.40. The second-order valence-corrected chi connectivity index (χ2v) is 4.24. The lowest BCUT2D eigenvalue weighted by molar-refractivity contribution is 0.328. The van der Waals surface area contributed by atoms with Gasteiger partial charge in [-0.3, -0.25) is 0 Å². The Hall–Kier alpha value is -2.20. The van der Waals surface area contributed by atoms with E-state index in [1.54, 1.807) is 0 Å². The zero-order valence-electron chi connectivity index (χ0n) is 11.6. The Morgan fingerprint density at radius 2 is 1.35 bits per heavy atom. The van der Waals surface area contributed by atoms with Gasteiger partial charge in [0.05, 0.1) is 6.61 Å². The van der Waals surface area contributed by atoms with Gasteiger partial charge in [-0.1, -0.05) is 0 Å². The third-order valence-electron chi connectivity index (χ3n) is 2.69. The number of ether oxygens (including phenoxy) is 2. The van der Waals surface area contributed by atoms with Crippen molar-refractivity contribution >= 4 is 11.4 Å². The van der Waals surface area contributed by atoms with Crippen molar-refractivity contribution in [1.82, 2.24) is 0 Å². The van der Waals surface area contributed by atoms with Crippen LogP contribution in [0.1, 0.15) is 6.92 Å². The average Bonchev–Trinajstić information content (AvgIpc) is 2.49. The van der Waals surface area contributed by atoms with Crippen LogP contribution in [0.4, 0.5) is 11.4 Å². The molecule has 0 bridgehead atoms. The zero-order chi connectivity index (χ0) is 14.2. The molecule has 4 nitrogen and oxygen atoms in total. The predicted octanol–water partition coefficient (Wildman–Crippen LogP) is 3.17. The van der Waals surface area contributed by atoms with Gasteiger partial charge in [-0.25, -0.2) is 0 Å². The van der Waals surface area contributed by atoms with Crippen molar-refractivity contribution in [1.29, 1.82) is 0 Å². The van der Waals surface area contributed by atoms with Crippen molar-refractivity contribution < 1.29 is 9.47 Å². The van der Waals surface area contributed by atoms with Crippen LogP contribution in [0.2, 0.25) is 0 Å². The average molecular weight is 272 g/mol. The van der Waals surface area contributed by atoms with Crippen LogP contribution in [0.3, 0.4) is 0 Å². The first-order chi connectivity index (χ1) is 9.81. The molecule has 2 rings (SSSR count). The summed E-state index contributed by atoms with van der Waals surface area (Å²) in [7, 11) is 0. The number of nitrogens with one attached hydrogen (secondary N) is 1. The van der Waals surface area contributed by atoms with Gasteiger partial charge in [0.25, 0.3) is 0 Å². The molecule has 0 unspecified atom stereocenters. The van der Waals surface area contributed by atoms with Gasteiger partial charge < -0.3 is 20.5 Å². The highest BCUT2D eigenvalue weighted by atomic mass is 16.5. The summed E-state index contributed by atoms with van der Waals surface area (Å²) in [6.07, 6.45) is 0. The predicted molar refractivity (Wildman–Crippen MR) is 81.9 cm³/mol. The van der Waals surface area contributed by atoms with E-state index < -0.39 is 0 Å². The summed E-state index contributed by atoms with van der Waals surface area (Å²) >= 11 is 0. The normalized spacial score (nSPS) is 10.1. The Balaban J connectivity index is 1.95. The number of benzene rings is 2. The van der Waals surface area contributed by atoms with Crippen LogP contribution >= 0.6 is 0 Å². The number of anilines is 2. The van der Waals surface area contributed by atoms with E-state index >= 15 is 0 Å². The molecule has 0 aliphatic rings. The van der Waals surface area contributed by atoms with Crippen molar-refractivity contribution in [3.05, 3.63) is 48.5 Å². The van der Waals surface area contributed by atoms with Crippen molar-refractivity contribution in [2.75, 3.05) is 25.1 Å². The summed E-state index contributed by atoms with van der Waals surface area (Å²) in [6, 6.07) is 15.7. The smallest absolute Gasteiger partial charge is 0.119 e. The molecule has 0 saturated carbocycles. The zero-order valence-corrected chi connectivity index (χ0v) is 11.6. The molecule has 0 heterocycles. The van der Waals surface area contributed by atoms with E-state index in [2.05, 4.69) is 5.32 Å². The van der Waals surface area contributed by atoms with E-state index in [9.17, 15) is 0 Å². The molecule has 0 radical (unpaired) electrons. The van der Waals surface area contributed by atoms with E-state index in [1.165, 1.54) is 0 Å². The standard InChI is InChI=1S/C16H20N2O2/c1-2-19-15-7-3-13(4-8-15)18-14-5-9-16(10-6-14)20-12-11-17/h3-10,18H,2,11-12,17H2,1H3. The summed E-state index contributed by atoms with van der Waals surface area (Å²) in [4.78, 5) is 0. The minimum Gasteiger partial charge on any atom is -0.494 e. The third kappa shape index (κ3) is 4.17. The number of nitrogens with two attached hydrogens (primary N) is 1. The Morgan fingerprint density at radius 3 is 1.80 bits per heavy atom. The number of rotatable bonds is 7. The maximum absolute atomic E-state index is 5.43. The van der Waals surface area contributed by atoms with Gasteiger partial charge in [-0.05, 0) is 55.5 Å². The molecule has 2 aromatic rings. The molecular weight excluding hydrogens is 252 g/mol. The summed E-state index contributed by atoms with van der Waals surface area (Å²) in [5, 5.41) is 3.32. The van der Waals surface area contributed by atoms with Gasteiger partial charge in [0.2, 0.25) is 0 Å². The fourth-order valence-electron chi connectivity index (χ4n) is 1.78. The second-order valence-electron chi connectivity index (χ2n) is 4.24. The largest absolute Gasteiger partial charge is 0.494 e. The topological polar surface area (TPSA) is 56.5 Å². The van der Waals surface area contributed by atoms with Crippen LogP contribution in [-0.4, -0.2) is 19.8 Å². The Morgan fingerprint density at radius 1 is 0.850 bits per heavy atom. The molecule has 0 atom stereocenters. The molecule has 20 heavy (non-hydrogen) atoms. The lowest BCUT2D eigenvalue weighted by Crippen LogP contribution is -2.10. The minimum atomic E-state index is 0.520. The van der Waals surface area contributed by atoms with Crippen molar-refractivity contribution in [3.63, 3.8) is 0 Å². The van der Waals surface area contributed by atoms with Gasteiger partial charge in [-0.15, -0.1) is 0 Å². The SMILES string of the molecule is CCOc1ccc(Nc2ccc(OCCN)cc2)cc1. The Labute approximate surface area is 119 Å². The quantitative estimate of drug-likeness (QED) is 0.813. The van der Waals surface area contributed by atoms with E-state index in [-0.39, 0.29) is 0 Å². The van der Waals surface area contributed by atoms with Gasteiger partial charge in [0.15, 0.2) is 0 Å². The molecule has 0 saturated heterocycles. The van der Waals surface area contributed by atoms with E-state index in [0.717, 1.165) is 22.9 Å². The highest BCUT2D eigenvalue weighted by Gasteiger charge is 1.97. The molecule has 4 heteroatoms. The van der Waals surface area contributed by atoms with E-state index in [1.807, 2.05) is 55.5 Å². The molecule has 0 fully saturated rings. The van der Waals surface area contributed by atoms with Crippen LogP contribution in [0.15, 0.2) is 48.5 Å². The lowest BCUT2D eigenvalue weighted by atomic mass is 10.2. The monoisotopic (exact) mass is 272 g/mol. The van der Waals surface area contributed by atoms with Crippen LogP contribution < -0.4 is 20.5 Å².